The minimum atomic E-state index is -4.14. The summed E-state index contributed by atoms with van der Waals surface area (Å²) in [5.74, 6) is 0. The van der Waals surface area contributed by atoms with Crippen LogP contribution in [0.3, 0.4) is 0 Å². The van der Waals surface area contributed by atoms with Gasteiger partial charge < -0.3 is 4.74 Å². The van der Waals surface area contributed by atoms with Gasteiger partial charge in [0.25, 0.3) is 0 Å². The van der Waals surface area contributed by atoms with Gasteiger partial charge in [0.2, 0.25) is 0 Å². The van der Waals surface area contributed by atoms with Gasteiger partial charge in [-0.1, -0.05) is 13.3 Å². The molecule has 104 valence electrons. The van der Waals surface area contributed by atoms with Gasteiger partial charge in [-0.05, 0) is 29.0 Å². The van der Waals surface area contributed by atoms with E-state index in [1.54, 1.807) is 6.20 Å². The SMILES string of the molecule is CCCCOCc1nn(CCC(F)(F)F)cc1I. The summed E-state index contributed by atoms with van der Waals surface area (Å²) < 4.78 is 43.8. The highest BCUT2D eigenvalue weighted by atomic mass is 127. The third-order valence-corrected chi connectivity index (χ3v) is 3.19. The number of hydrogen-bond donors (Lipinski definition) is 0. The van der Waals surface area contributed by atoms with Crippen LogP contribution in [-0.2, 0) is 17.9 Å². The van der Waals surface area contributed by atoms with Crippen molar-refractivity contribution in [1.29, 1.82) is 0 Å². The molecule has 7 heteroatoms. The second kappa shape index (κ2) is 7.32. The molecule has 1 aromatic rings. The number of aromatic nitrogens is 2. The molecule has 0 saturated carbocycles. The van der Waals surface area contributed by atoms with E-state index >= 15 is 0 Å². The Hall–Kier alpha value is -0.310. The fourth-order valence-corrected chi connectivity index (χ4v) is 1.89. The van der Waals surface area contributed by atoms with Crippen LogP contribution in [0.2, 0.25) is 0 Å². The first-order valence-electron chi connectivity index (χ1n) is 5.78. The largest absolute Gasteiger partial charge is 0.390 e. The normalized spacial score (nSPS) is 12.1. The lowest BCUT2D eigenvalue weighted by molar-refractivity contribution is -0.137. The second-order valence-corrected chi connectivity index (χ2v) is 5.12. The van der Waals surface area contributed by atoms with Gasteiger partial charge in [0.15, 0.2) is 0 Å². The fourth-order valence-electron chi connectivity index (χ4n) is 1.31. The van der Waals surface area contributed by atoms with Gasteiger partial charge in [0.1, 0.15) is 5.69 Å². The highest BCUT2D eigenvalue weighted by Gasteiger charge is 2.26. The van der Waals surface area contributed by atoms with Crippen LogP contribution >= 0.6 is 22.6 Å². The topological polar surface area (TPSA) is 27.1 Å². The summed E-state index contributed by atoms with van der Waals surface area (Å²) in [6, 6.07) is 0. The Kier molecular flexibility index (Phi) is 6.40. The highest BCUT2D eigenvalue weighted by Crippen LogP contribution is 2.21. The summed E-state index contributed by atoms with van der Waals surface area (Å²) in [7, 11) is 0. The minimum absolute atomic E-state index is 0.144. The third kappa shape index (κ3) is 6.03. The van der Waals surface area contributed by atoms with Crippen LogP contribution in [0.5, 0.6) is 0 Å². The molecule has 0 spiro atoms. The maximum Gasteiger partial charge on any atom is 0.390 e. The molecular weight excluding hydrogens is 360 g/mol. The maximum absolute atomic E-state index is 12.1. The van der Waals surface area contributed by atoms with Crippen LogP contribution in [0.1, 0.15) is 31.9 Å². The third-order valence-electron chi connectivity index (χ3n) is 2.29. The molecule has 3 nitrogen and oxygen atoms in total. The van der Waals surface area contributed by atoms with E-state index in [9.17, 15) is 13.2 Å². The molecule has 0 bridgehead atoms. The van der Waals surface area contributed by atoms with E-state index in [4.69, 9.17) is 4.74 Å². The first-order chi connectivity index (χ1) is 8.42. The number of aryl methyl sites for hydroxylation is 1. The summed E-state index contributed by atoms with van der Waals surface area (Å²) in [6.45, 7) is 2.94. The zero-order valence-electron chi connectivity index (χ0n) is 10.1. The number of rotatable bonds is 7. The quantitative estimate of drug-likeness (QED) is 0.535. The van der Waals surface area contributed by atoms with Crippen LogP contribution in [0.25, 0.3) is 0 Å². The number of ether oxygens (including phenoxy) is 1. The average Bonchev–Trinajstić information content (AvgIpc) is 2.62. The van der Waals surface area contributed by atoms with Crippen LogP contribution in [0.15, 0.2) is 6.20 Å². The van der Waals surface area contributed by atoms with E-state index in [-0.39, 0.29) is 6.54 Å². The highest BCUT2D eigenvalue weighted by molar-refractivity contribution is 14.1. The molecule has 0 aliphatic carbocycles. The van der Waals surface area contributed by atoms with Gasteiger partial charge in [-0.3, -0.25) is 4.68 Å². The molecule has 0 N–H and O–H groups in total. The Morgan fingerprint density at radius 2 is 2.17 bits per heavy atom. The summed E-state index contributed by atoms with van der Waals surface area (Å²) >= 11 is 2.06. The number of unbranched alkanes of at least 4 members (excludes halogenated alkanes) is 1. The van der Waals surface area contributed by atoms with Crippen molar-refractivity contribution in [2.24, 2.45) is 0 Å². The van der Waals surface area contributed by atoms with Crippen LogP contribution in [0, 0.1) is 3.57 Å². The minimum Gasteiger partial charge on any atom is -0.375 e. The maximum atomic E-state index is 12.1. The van der Waals surface area contributed by atoms with Gasteiger partial charge in [0, 0.05) is 19.3 Å². The molecule has 0 aliphatic rings. The van der Waals surface area contributed by atoms with E-state index in [2.05, 4.69) is 34.6 Å². The average molecular weight is 376 g/mol. The molecule has 0 aromatic carbocycles. The summed E-state index contributed by atoms with van der Waals surface area (Å²) in [5.41, 5.74) is 0.703. The molecule has 0 fully saturated rings. The molecule has 18 heavy (non-hydrogen) atoms. The monoisotopic (exact) mass is 376 g/mol. The van der Waals surface area contributed by atoms with Crippen molar-refractivity contribution in [2.75, 3.05) is 6.61 Å². The van der Waals surface area contributed by atoms with Crippen LogP contribution < -0.4 is 0 Å². The number of hydrogen-bond acceptors (Lipinski definition) is 2. The van der Waals surface area contributed by atoms with Gasteiger partial charge in [-0.25, -0.2) is 0 Å². The standard InChI is InChI=1S/C11H16F3IN2O/c1-2-3-6-18-8-10-9(15)7-17(16-10)5-4-11(12,13)14/h7H,2-6,8H2,1H3. The van der Waals surface area contributed by atoms with E-state index in [1.807, 2.05) is 0 Å². The van der Waals surface area contributed by atoms with E-state index < -0.39 is 12.6 Å². The lowest BCUT2D eigenvalue weighted by Crippen LogP contribution is -2.12. The molecule has 0 saturated heterocycles. The van der Waals surface area contributed by atoms with E-state index in [0.717, 1.165) is 16.4 Å². The Bertz CT molecular complexity index is 366. The molecule has 1 rings (SSSR count). The van der Waals surface area contributed by atoms with Gasteiger partial charge in [-0.2, -0.15) is 18.3 Å². The lowest BCUT2D eigenvalue weighted by Gasteiger charge is -2.05. The Morgan fingerprint density at radius 1 is 1.44 bits per heavy atom. The van der Waals surface area contributed by atoms with E-state index in [1.165, 1.54) is 4.68 Å². The first-order valence-corrected chi connectivity index (χ1v) is 6.86. The summed E-state index contributed by atoms with van der Waals surface area (Å²) in [5, 5.41) is 4.09. The molecule has 0 atom stereocenters. The Labute approximate surface area is 118 Å². The molecule has 0 amide bonds. The van der Waals surface area contributed by atoms with Crippen molar-refractivity contribution in [1.82, 2.24) is 9.78 Å². The summed E-state index contributed by atoms with van der Waals surface area (Å²) in [6.07, 6.45) is -1.36. The van der Waals surface area contributed by atoms with Gasteiger partial charge in [-0.15, -0.1) is 0 Å². The van der Waals surface area contributed by atoms with Crippen LogP contribution in [-0.4, -0.2) is 22.6 Å². The Balaban J connectivity index is 2.43. The zero-order valence-corrected chi connectivity index (χ0v) is 12.3. The first kappa shape index (κ1) is 15.7. The predicted molar refractivity (Wildman–Crippen MR) is 70.2 cm³/mol. The number of nitrogens with zero attached hydrogens (tertiary/aromatic N) is 2. The molecule has 0 unspecified atom stereocenters. The molecule has 1 aromatic heterocycles. The van der Waals surface area contributed by atoms with E-state index in [0.29, 0.717) is 18.9 Å². The molecular formula is C11H16F3IN2O. The van der Waals surface area contributed by atoms with Crippen molar-refractivity contribution in [2.45, 2.75) is 45.5 Å². The van der Waals surface area contributed by atoms with Crippen molar-refractivity contribution in [3.63, 3.8) is 0 Å². The summed E-state index contributed by atoms with van der Waals surface area (Å²) in [4.78, 5) is 0. The lowest BCUT2D eigenvalue weighted by atomic mass is 10.4. The van der Waals surface area contributed by atoms with Crippen molar-refractivity contribution in [3.8, 4) is 0 Å². The fraction of sp³-hybridized carbons (Fsp3) is 0.727. The van der Waals surface area contributed by atoms with Crippen LogP contribution in [0.4, 0.5) is 13.2 Å². The van der Waals surface area contributed by atoms with Gasteiger partial charge >= 0.3 is 6.18 Å². The predicted octanol–water partition coefficient (Wildman–Crippen LogP) is 3.76. The molecule has 1 heterocycles. The van der Waals surface area contributed by atoms with Crippen molar-refractivity contribution < 1.29 is 17.9 Å². The zero-order chi connectivity index (χ0) is 13.6. The second-order valence-electron chi connectivity index (χ2n) is 3.96. The number of alkyl halides is 3. The van der Waals surface area contributed by atoms with Crippen molar-refractivity contribution in [3.05, 3.63) is 15.5 Å². The van der Waals surface area contributed by atoms with Crippen molar-refractivity contribution >= 4 is 22.6 Å². The smallest absolute Gasteiger partial charge is 0.375 e. The molecule has 0 radical (unpaired) electrons. The number of halogens is 4. The molecule has 0 aliphatic heterocycles. The Morgan fingerprint density at radius 3 is 2.78 bits per heavy atom. The van der Waals surface area contributed by atoms with Gasteiger partial charge in [0.05, 0.1) is 16.6 Å².